The van der Waals surface area contributed by atoms with Gasteiger partial charge in [-0.1, -0.05) is 6.07 Å². The summed E-state index contributed by atoms with van der Waals surface area (Å²) < 4.78 is 11.7. The van der Waals surface area contributed by atoms with Crippen molar-refractivity contribution >= 4 is 11.4 Å². The maximum Gasteiger partial charge on any atom is 0.131 e. The molecule has 0 heterocycles. The first-order valence-corrected chi connectivity index (χ1v) is 7.78. The van der Waals surface area contributed by atoms with Crippen molar-refractivity contribution in [3.05, 3.63) is 72.8 Å². The Bertz CT molecular complexity index is 719. The van der Waals surface area contributed by atoms with Gasteiger partial charge >= 0.3 is 0 Å². The van der Waals surface area contributed by atoms with Crippen molar-refractivity contribution in [2.45, 2.75) is 0 Å². The van der Waals surface area contributed by atoms with Crippen molar-refractivity contribution in [3.63, 3.8) is 0 Å². The van der Waals surface area contributed by atoms with E-state index >= 15 is 0 Å². The minimum absolute atomic E-state index is 0.733. The molecule has 0 aromatic heterocycles. The van der Waals surface area contributed by atoms with Gasteiger partial charge < -0.3 is 20.1 Å². The van der Waals surface area contributed by atoms with Crippen molar-refractivity contribution in [3.8, 4) is 23.0 Å². The van der Waals surface area contributed by atoms with Gasteiger partial charge in [0.15, 0.2) is 0 Å². The Morgan fingerprint density at radius 3 is 1.33 bits per heavy atom. The predicted molar refractivity (Wildman–Crippen MR) is 98.6 cm³/mol. The van der Waals surface area contributed by atoms with Crippen LogP contribution in [0.25, 0.3) is 0 Å². The van der Waals surface area contributed by atoms with Gasteiger partial charge in [0.2, 0.25) is 0 Å². The number of rotatable bonds is 6. The van der Waals surface area contributed by atoms with E-state index in [4.69, 9.17) is 9.47 Å². The van der Waals surface area contributed by atoms with Crippen LogP contribution in [-0.2, 0) is 0 Å². The number of hydrogen-bond acceptors (Lipinski definition) is 4. The van der Waals surface area contributed by atoms with Crippen LogP contribution in [0.5, 0.6) is 23.0 Å². The Morgan fingerprint density at radius 1 is 0.542 bits per heavy atom. The summed E-state index contributed by atoms with van der Waals surface area (Å²) in [5.41, 5.74) is 2.09. The highest BCUT2D eigenvalue weighted by atomic mass is 16.5. The molecule has 0 unspecified atom stereocenters. The Hall–Kier alpha value is -3.14. The van der Waals surface area contributed by atoms with E-state index in [-0.39, 0.29) is 0 Å². The van der Waals surface area contributed by atoms with Crippen molar-refractivity contribution in [2.24, 2.45) is 0 Å². The van der Waals surface area contributed by atoms with Crippen LogP contribution in [0.2, 0.25) is 0 Å². The average Bonchev–Trinajstić information content (AvgIpc) is 2.63. The number of benzene rings is 3. The topological polar surface area (TPSA) is 42.5 Å². The number of anilines is 2. The van der Waals surface area contributed by atoms with E-state index in [0.29, 0.717) is 0 Å². The zero-order valence-corrected chi connectivity index (χ0v) is 13.7. The molecular formula is C20H20N2O2. The van der Waals surface area contributed by atoms with Gasteiger partial charge in [0, 0.05) is 31.5 Å². The second-order valence-electron chi connectivity index (χ2n) is 5.23. The van der Waals surface area contributed by atoms with Crippen LogP contribution in [0.3, 0.4) is 0 Å². The molecule has 3 rings (SSSR count). The third kappa shape index (κ3) is 3.98. The molecule has 0 aliphatic rings. The maximum absolute atomic E-state index is 5.87. The Balaban J connectivity index is 1.70. The van der Waals surface area contributed by atoms with E-state index in [1.165, 1.54) is 0 Å². The van der Waals surface area contributed by atoms with Gasteiger partial charge in [-0.3, -0.25) is 0 Å². The Labute approximate surface area is 142 Å². The highest BCUT2D eigenvalue weighted by Crippen LogP contribution is 2.29. The zero-order chi connectivity index (χ0) is 16.8. The third-order valence-electron chi connectivity index (χ3n) is 3.56. The highest BCUT2D eigenvalue weighted by Gasteiger charge is 2.02. The van der Waals surface area contributed by atoms with Crippen LogP contribution < -0.4 is 20.1 Å². The van der Waals surface area contributed by atoms with E-state index < -0.39 is 0 Å². The summed E-state index contributed by atoms with van der Waals surface area (Å²) >= 11 is 0. The molecule has 0 bridgehead atoms. The molecule has 24 heavy (non-hydrogen) atoms. The molecule has 3 aromatic carbocycles. The summed E-state index contributed by atoms with van der Waals surface area (Å²) in [5, 5.41) is 6.17. The molecule has 0 amide bonds. The van der Waals surface area contributed by atoms with Gasteiger partial charge in [-0.05, 0) is 60.7 Å². The largest absolute Gasteiger partial charge is 0.457 e. The van der Waals surface area contributed by atoms with E-state index in [9.17, 15) is 0 Å². The van der Waals surface area contributed by atoms with Crippen molar-refractivity contribution in [1.29, 1.82) is 0 Å². The Morgan fingerprint density at radius 2 is 0.958 bits per heavy atom. The summed E-state index contributed by atoms with van der Waals surface area (Å²) in [6.07, 6.45) is 0. The lowest BCUT2D eigenvalue weighted by Gasteiger charge is -2.10. The highest BCUT2D eigenvalue weighted by molar-refractivity contribution is 5.48. The van der Waals surface area contributed by atoms with Gasteiger partial charge in [-0.25, -0.2) is 0 Å². The fourth-order valence-corrected chi connectivity index (χ4v) is 2.25. The predicted octanol–water partition coefficient (Wildman–Crippen LogP) is 5.35. The van der Waals surface area contributed by atoms with Crippen LogP contribution in [0, 0.1) is 0 Å². The van der Waals surface area contributed by atoms with Gasteiger partial charge in [0.25, 0.3) is 0 Å². The van der Waals surface area contributed by atoms with Crippen LogP contribution in [0.4, 0.5) is 11.4 Å². The normalized spacial score (nSPS) is 10.1. The number of ether oxygens (including phenoxy) is 2. The summed E-state index contributed by atoms with van der Waals surface area (Å²) in [6.45, 7) is 0. The average molecular weight is 320 g/mol. The van der Waals surface area contributed by atoms with Gasteiger partial charge in [0.05, 0.1) is 0 Å². The SMILES string of the molecule is CNc1ccc(Oc2cccc(Oc3ccc(NC)cc3)c2)cc1. The second kappa shape index (κ2) is 7.42. The number of hydrogen-bond donors (Lipinski definition) is 2. The van der Waals surface area contributed by atoms with E-state index in [0.717, 1.165) is 34.4 Å². The van der Waals surface area contributed by atoms with Crippen molar-refractivity contribution < 1.29 is 9.47 Å². The van der Waals surface area contributed by atoms with Gasteiger partial charge in [0.1, 0.15) is 23.0 Å². The molecule has 0 aliphatic carbocycles. The quantitative estimate of drug-likeness (QED) is 0.642. The summed E-state index contributed by atoms with van der Waals surface area (Å²) in [5.74, 6) is 3.03. The molecule has 0 saturated heterocycles. The van der Waals surface area contributed by atoms with E-state index in [2.05, 4.69) is 10.6 Å². The van der Waals surface area contributed by atoms with E-state index in [1.54, 1.807) is 0 Å². The fraction of sp³-hybridized carbons (Fsp3) is 0.100. The number of nitrogens with one attached hydrogen (secondary N) is 2. The first kappa shape index (κ1) is 15.7. The van der Waals surface area contributed by atoms with Crippen molar-refractivity contribution in [1.82, 2.24) is 0 Å². The smallest absolute Gasteiger partial charge is 0.131 e. The van der Waals surface area contributed by atoms with Crippen LogP contribution in [0.15, 0.2) is 72.8 Å². The summed E-state index contributed by atoms with van der Waals surface area (Å²) in [4.78, 5) is 0. The fourth-order valence-electron chi connectivity index (χ4n) is 2.25. The minimum Gasteiger partial charge on any atom is -0.457 e. The molecule has 0 saturated carbocycles. The molecule has 0 atom stereocenters. The standard InChI is InChI=1S/C20H20N2O2/c1-21-15-6-10-17(11-7-15)23-19-4-3-5-20(14-19)24-18-12-8-16(22-2)9-13-18/h3-14,21-22H,1-2H3. The minimum atomic E-state index is 0.733. The summed E-state index contributed by atoms with van der Waals surface area (Å²) in [6, 6.07) is 23.2. The molecule has 122 valence electrons. The van der Waals surface area contributed by atoms with Crippen LogP contribution >= 0.6 is 0 Å². The first-order valence-electron chi connectivity index (χ1n) is 7.78. The lowest BCUT2D eigenvalue weighted by atomic mass is 10.3. The molecule has 2 N–H and O–H groups in total. The first-order chi connectivity index (χ1) is 11.8. The molecule has 4 heteroatoms. The molecule has 0 radical (unpaired) electrons. The third-order valence-corrected chi connectivity index (χ3v) is 3.56. The van der Waals surface area contributed by atoms with Gasteiger partial charge in [-0.2, -0.15) is 0 Å². The summed E-state index contributed by atoms with van der Waals surface area (Å²) in [7, 11) is 3.78. The maximum atomic E-state index is 5.87. The second-order valence-corrected chi connectivity index (χ2v) is 5.23. The lowest BCUT2D eigenvalue weighted by molar-refractivity contribution is 0.460. The van der Waals surface area contributed by atoms with Crippen LogP contribution in [-0.4, -0.2) is 14.1 Å². The monoisotopic (exact) mass is 320 g/mol. The Kier molecular flexibility index (Phi) is 4.87. The zero-order valence-electron chi connectivity index (χ0n) is 13.7. The lowest BCUT2D eigenvalue weighted by Crippen LogP contribution is -1.90. The molecule has 3 aromatic rings. The molecular weight excluding hydrogens is 300 g/mol. The van der Waals surface area contributed by atoms with Crippen molar-refractivity contribution in [2.75, 3.05) is 24.7 Å². The molecule has 0 spiro atoms. The molecule has 4 nitrogen and oxygen atoms in total. The van der Waals surface area contributed by atoms with Crippen LogP contribution in [0.1, 0.15) is 0 Å². The molecule has 0 aliphatic heterocycles. The molecule has 0 fully saturated rings. The van der Waals surface area contributed by atoms with Gasteiger partial charge in [-0.15, -0.1) is 0 Å². The van der Waals surface area contributed by atoms with E-state index in [1.807, 2.05) is 86.9 Å².